The minimum atomic E-state index is -0.573. The first-order chi connectivity index (χ1) is 19.5. The summed E-state index contributed by atoms with van der Waals surface area (Å²) in [5, 5.41) is 15.2. The number of nitrogens with zero attached hydrogens (tertiary/aromatic N) is 6. The van der Waals surface area contributed by atoms with Crippen LogP contribution in [0, 0.1) is 17.2 Å². The van der Waals surface area contributed by atoms with Crippen LogP contribution in [0.1, 0.15) is 46.1 Å². The molecule has 41 heavy (non-hydrogen) atoms. The van der Waals surface area contributed by atoms with Crippen molar-refractivity contribution >= 4 is 40.6 Å². The highest BCUT2D eigenvalue weighted by Crippen LogP contribution is 2.30. The molecule has 2 N–H and O–H groups in total. The summed E-state index contributed by atoms with van der Waals surface area (Å²) in [6, 6.07) is 10.5. The second-order valence-corrected chi connectivity index (χ2v) is 11.2. The van der Waals surface area contributed by atoms with Crippen LogP contribution >= 0.6 is 0 Å². The Hall–Kier alpha value is -4.66. The van der Waals surface area contributed by atoms with E-state index >= 15 is 0 Å². The number of fused-ring (bicyclic) bond motifs is 1. The van der Waals surface area contributed by atoms with Crippen LogP contribution in [0.5, 0.6) is 0 Å². The van der Waals surface area contributed by atoms with Gasteiger partial charge in [0.05, 0.1) is 17.5 Å². The molecule has 216 valence electrons. The lowest BCUT2D eigenvalue weighted by molar-refractivity contribution is -0.131. The van der Waals surface area contributed by atoms with Crippen molar-refractivity contribution in [3.8, 4) is 6.07 Å². The Labute approximate surface area is 239 Å². The van der Waals surface area contributed by atoms with E-state index in [1.54, 1.807) is 50.1 Å². The van der Waals surface area contributed by atoms with Gasteiger partial charge in [-0.25, -0.2) is 19.6 Å². The molecule has 1 fully saturated rings. The average Bonchev–Trinajstić information content (AvgIpc) is 3.36. The second-order valence-electron chi connectivity index (χ2n) is 11.2. The molecule has 0 bridgehead atoms. The van der Waals surface area contributed by atoms with Crippen molar-refractivity contribution in [3.05, 3.63) is 48.4 Å². The Kier molecular flexibility index (Phi) is 8.76. The molecule has 3 aromatic rings. The van der Waals surface area contributed by atoms with Crippen LogP contribution in [0.25, 0.3) is 11.0 Å². The number of likely N-dealkylation sites (N-methyl/N-ethyl adjacent to an activating group) is 1. The first-order valence-corrected chi connectivity index (χ1v) is 13.5. The number of nitriles is 1. The van der Waals surface area contributed by atoms with E-state index in [0.29, 0.717) is 48.1 Å². The first-order valence-electron chi connectivity index (χ1n) is 13.5. The highest BCUT2D eigenvalue weighted by atomic mass is 16.6. The van der Waals surface area contributed by atoms with Crippen LogP contribution in [0.4, 0.5) is 21.1 Å². The summed E-state index contributed by atoms with van der Waals surface area (Å²) in [6.07, 6.45) is 3.27. The van der Waals surface area contributed by atoms with Crippen LogP contribution in [0.3, 0.4) is 0 Å². The molecule has 0 spiro atoms. The maximum atomic E-state index is 13.2. The molecule has 2 atom stereocenters. The number of alkyl carbamates (subject to hydrolysis) is 1. The SMILES string of the molecule is C[C@@H]1CCN(C(=O)CC#N)C[C@@H]1N(C)c1ncnc2c1ccn2C(=O)Nc1ccc(CNC(=O)OC(C)(C)C)cc1. The van der Waals surface area contributed by atoms with Gasteiger partial charge in [-0.05, 0) is 56.9 Å². The van der Waals surface area contributed by atoms with E-state index in [2.05, 4.69) is 27.5 Å². The number of nitrogens with one attached hydrogen (secondary N) is 2. The summed E-state index contributed by atoms with van der Waals surface area (Å²) < 4.78 is 6.68. The van der Waals surface area contributed by atoms with Gasteiger partial charge in [-0.1, -0.05) is 19.1 Å². The van der Waals surface area contributed by atoms with Crippen molar-refractivity contribution in [2.24, 2.45) is 5.92 Å². The van der Waals surface area contributed by atoms with Crippen molar-refractivity contribution in [3.63, 3.8) is 0 Å². The fourth-order valence-electron chi connectivity index (χ4n) is 4.88. The predicted octanol–water partition coefficient (Wildman–Crippen LogP) is 4.12. The number of ether oxygens (including phenoxy) is 1. The molecule has 0 unspecified atom stereocenters. The molecule has 3 amide bonds. The van der Waals surface area contributed by atoms with Gasteiger partial charge in [-0.3, -0.25) is 9.36 Å². The molecule has 0 saturated carbocycles. The van der Waals surface area contributed by atoms with Crippen LogP contribution in [0.2, 0.25) is 0 Å². The zero-order chi connectivity index (χ0) is 29.7. The Morgan fingerprint density at radius 1 is 1.17 bits per heavy atom. The number of carbonyl (C=O) groups is 3. The maximum absolute atomic E-state index is 13.2. The fourth-order valence-corrected chi connectivity index (χ4v) is 4.88. The summed E-state index contributed by atoms with van der Waals surface area (Å²) >= 11 is 0. The van der Waals surface area contributed by atoms with Crippen LogP contribution < -0.4 is 15.5 Å². The highest BCUT2D eigenvalue weighted by Gasteiger charge is 2.33. The minimum Gasteiger partial charge on any atom is -0.444 e. The summed E-state index contributed by atoms with van der Waals surface area (Å²) in [5.74, 6) is 0.791. The van der Waals surface area contributed by atoms with Crippen molar-refractivity contribution in [1.82, 2.24) is 24.8 Å². The number of piperidine rings is 1. The molecule has 1 aliphatic rings. The number of carbonyl (C=O) groups excluding carboxylic acids is 3. The second kappa shape index (κ2) is 12.2. The van der Waals surface area contributed by atoms with Crippen molar-refractivity contribution < 1.29 is 19.1 Å². The standard InChI is InChI=1S/C29H36N8O4/c1-19-11-14-36(24(38)10-13-30)17-23(19)35(5)25-22-12-15-37(26(22)33-18-32-25)27(39)34-21-8-6-20(7-9-21)16-31-28(40)41-29(2,3)4/h6-9,12,15,18-19,23H,10-11,14,16-17H2,1-5H3,(H,31,40)(H,34,39)/t19-,23+/m1/s1. The Balaban J connectivity index is 1.44. The van der Waals surface area contributed by atoms with Gasteiger partial charge in [-0.2, -0.15) is 5.26 Å². The number of likely N-dealkylation sites (tertiary alicyclic amines) is 1. The number of amides is 3. The van der Waals surface area contributed by atoms with E-state index < -0.39 is 11.7 Å². The van der Waals surface area contributed by atoms with Gasteiger partial charge in [0.2, 0.25) is 5.91 Å². The van der Waals surface area contributed by atoms with Crippen molar-refractivity contribution in [1.29, 1.82) is 5.26 Å². The number of benzene rings is 1. The van der Waals surface area contributed by atoms with Crippen molar-refractivity contribution in [2.45, 2.75) is 58.7 Å². The number of hydrogen-bond acceptors (Lipinski definition) is 8. The normalized spacial score (nSPS) is 17.0. The lowest BCUT2D eigenvalue weighted by Gasteiger charge is -2.42. The summed E-state index contributed by atoms with van der Waals surface area (Å²) in [4.78, 5) is 50.1. The zero-order valence-electron chi connectivity index (χ0n) is 24.0. The molecule has 0 aliphatic carbocycles. The van der Waals surface area contributed by atoms with E-state index in [1.807, 2.05) is 30.1 Å². The molecule has 2 aromatic heterocycles. The lowest BCUT2D eigenvalue weighted by atomic mass is 9.92. The van der Waals surface area contributed by atoms with Crippen molar-refractivity contribution in [2.75, 3.05) is 30.4 Å². The number of hydrogen-bond donors (Lipinski definition) is 2. The highest BCUT2D eigenvalue weighted by molar-refractivity contribution is 5.99. The molecule has 1 aliphatic heterocycles. The molecule has 1 aromatic carbocycles. The molecular weight excluding hydrogens is 524 g/mol. The van der Waals surface area contributed by atoms with E-state index in [0.717, 1.165) is 12.0 Å². The Morgan fingerprint density at radius 3 is 2.59 bits per heavy atom. The topological polar surface area (TPSA) is 145 Å². The molecule has 12 nitrogen and oxygen atoms in total. The third kappa shape index (κ3) is 7.11. The Bertz CT molecular complexity index is 1450. The number of aromatic nitrogens is 3. The molecule has 0 radical (unpaired) electrons. The number of anilines is 2. The molecule has 1 saturated heterocycles. The van der Waals surface area contributed by atoms with Gasteiger partial charge in [0.25, 0.3) is 0 Å². The van der Waals surface area contributed by atoms with Crippen LogP contribution in [-0.4, -0.2) is 69.2 Å². The fraction of sp³-hybridized carbons (Fsp3) is 0.448. The molecule has 3 heterocycles. The predicted molar refractivity (Wildman–Crippen MR) is 154 cm³/mol. The summed E-state index contributed by atoms with van der Waals surface area (Å²) in [6.45, 7) is 8.96. The molecule has 12 heteroatoms. The van der Waals surface area contributed by atoms with Crippen LogP contribution in [0.15, 0.2) is 42.9 Å². The third-order valence-corrected chi connectivity index (χ3v) is 7.05. The zero-order valence-corrected chi connectivity index (χ0v) is 24.0. The lowest BCUT2D eigenvalue weighted by Crippen LogP contribution is -2.52. The van der Waals surface area contributed by atoms with Gasteiger partial charge in [0, 0.05) is 38.6 Å². The van der Waals surface area contributed by atoms with E-state index in [9.17, 15) is 14.4 Å². The number of rotatable bonds is 6. The Morgan fingerprint density at radius 2 is 1.90 bits per heavy atom. The largest absolute Gasteiger partial charge is 0.444 e. The van der Waals surface area contributed by atoms with E-state index in [4.69, 9.17) is 10.00 Å². The maximum Gasteiger partial charge on any atom is 0.407 e. The van der Waals surface area contributed by atoms with Gasteiger partial charge < -0.3 is 25.2 Å². The average molecular weight is 561 g/mol. The quantitative estimate of drug-likeness (QED) is 0.458. The summed E-state index contributed by atoms with van der Waals surface area (Å²) in [5.41, 5.74) is 1.32. The minimum absolute atomic E-state index is 0.00927. The smallest absolute Gasteiger partial charge is 0.407 e. The van der Waals surface area contributed by atoms with E-state index in [1.165, 1.54) is 10.9 Å². The van der Waals surface area contributed by atoms with Crippen LogP contribution in [-0.2, 0) is 16.1 Å². The van der Waals surface area contributed by atoms with Gasteiger partial charge in [-0.15, -0.1) is 0 Å². The molecular formula is C29H36N8O4. The van der Waals surface area contributed by atoms with Gasteiger partial charge >= 0.3 is 12.1 Å². The monoisotopic (exact) mass is 560 g/mol. The summed E-state index contributed by atoms with van der Waals surface area (Å²) in [7, 11) is 1.93. The van der Waals surface area contributed by atoms with Gasteiger partial charge in [0.15, 0.2) is 5.65 Å². The molecule has 4 rings (SSSR count). The van der Waals surface area contributed by atoms with E-state index in [-0.39, 0.29) is 24.4 Å². The third-order valence-electron chi connectivity index (χ3n) is 7.05. The van der Waals surface area contributed by atoms with Gasteiger partial charge in [0.1, 0.15) is 24.2 Å². The first kappa shape index (κ1) is 29.3.